The molecule has 0 aromatic carbocycles. The number of amides is 1. The molecule has 4 heteroatoms. The van der Waals surface area contributed by atoms with Crippen molar-refractivity contribution in [3.63, 3.8) is 0 Å². The Balaban J connectivity index is 1.31. The lowest BCUT2D eigenvalue weighted by atomic mass is 9.91. The highest BCUT2D eigenvalue weighted by Gasteiger charge is 2.23. The number of nitrogens with zero attached hydrogens (tertiary/aromatic N) is 2. The van der Waals surface area contributed by atoms with Crippen LogP contribution in [0.15, 0.2) is 16.5 Å². The predicted octanol–water partition coefficient (Wildman–Crippen LogP) is 4.20. The fourth-order valence-electron chi connectivity index (χ4n) is 4.19. The lowest BCUT2D eigenvalue weighted by Gasteiger charge is -2.32. The predicted molar refractivity (Wildman–Crippen MR) is 101 cm³/mol. The molecule has 1 aromatic rings. The molecule has 3 rings (SSSR count). The first kappa shape index (κ1) is 18.5. The zero-order valence-electron chi connectivity index (χ0n) is 16.0. The van der Waals surface area contributed by atoms with Crippen LogP contribution in [0.3, 0.4) is 0 Å². The minimum Gasteiger partial charge on any atom is -0.466 e. The Labute approximate surface area is 152 Å². The molecule has 0 N–H and O–H groups in total. The van der Waals surface area contributed by atoms with Gasteiger partial charge in [0.15, 0.2) is 0 Å². The number of hydrogen-bond acceptors (Lipinski definition) is 3. The van der Waals surface area contributed by atoms with E-state index in [4.69, 9.17) is 4.42 Å². The molecule has 140 valence electrons. The number of carbonyl (C=O) groups excluding carboxylic acids is 1. The second-order valence-corrected chi connectivity index (χ2v) is 8.05. The van der Waals surface area contributed by atoms with Crippen LogP contribution in [0.25, 0.3) is 0 Å². The highest BCUT2D eigenvalue weighted by molar-refractivity contribution is 5.76. The molecule has 0 spiro atoms. The first-order valence-corrected chi connectivity index (χ1v) is 10.2. The van der Waals surface area contributed by atoms with E-state index in [1.807, 2.05) is 6.92 Å². The van der Waals surface area contributed by atoms with Gasteiger partial charge in [0.2, 0.25) is 5.91 Å². The van der Waals surface area contributed by atoms with Gasteiger partial charge < -0.3 is 14.2 Å². The van der Waals surface area contributed by atoms with Crippen LogP contribution in [0.4, 0.5) is 0 Å². The molecule has 3 heterocycles. The second-order valence-electron chi connectivity index (χ2n) is 8.05. The van der Waals surface area contributed by atoms with Crippen LogP contribution in [-0.2, 0) is 4.79 Å². The van der Waals surface area contributed by atoms with E-state index in [1.54, 1.807) is 0 Å². The largest absolute Gasteiger partial charge is 0.466 e. The van der Waals surface area contributed by atoms with Crippen LogP contribution in [-0.4, -0.2) is 48.4 Å². The molecule has 2 fully saturated rings. The number of likely N-dealkylation sites (tertiary alicyclic amines) is 2. The van der Waals surface area contributed by atoms with Crippen LogP contribution in [0, 0.1) is 12.8 Å². The molecular weight excluding hydrogens is 312 g/mol. The molecule has 0 radical (unpaired) electrons. The summed E-state index contributed by atoms with van der Waals surface area (Å²) in [5.74, 6) is 3.75. The maximum Gasteiger partial charge on any atom is 0.222 e. The standard InChI is InChI=1S/C21H34N2O2/c1-17(20-7-5-18(2)25-20)9-14-22-15-10-19(11-16-22)6-8-21(24)23-12-3-4-13-23/h5,7,17,19H,3-4,6,8-16H2,1-2H3/t17-/m0/s1. The Morgan fingerprint density at radius 1 is 1.20 bits per heavy atom. The Kier molecular flexibility index (Phi) is 6.57. The Morgan fingerprint density at radius 3 is 2.56 bits per heavy atom. The summed E-state index contributed by atoms with van der Waals surface area (Å²) in [4.78, 5) is 16.8. The lowest BCUT2D eigenvalue weighted by molar-refractivity contribution is -0.130. The van der Waals surface area contributed by atoms with Crippen molar-refractivity contribution < 1.29 is 9.21 Å². The van der Waals surface area contributed by atoms with Crippen LogP contribution in [0.1, 0.15) is 69.3 Å². The van der Waals surface area contributed by atoms with Gasteiger partial charge in [0.1, 0.15) is 11.5 Å². The zero-order valence-corrected chi connectivity index (χ0v) is 16.0. The molecule has 2 aliphatic heterocycles. The monoisotopic (exact) mass is 346 g/mol. The molecule has 0 saturated carbocycles. The summed E-state index contributed by atoms with van der Waals surface area (Å²) < 4.78 is 5.74. The third kappa shape index (κ3) is 5.34. The van der Waals surface area contributed by atoms with E-state index in [0.717, 1.165) is 56.3 Å². The number of rotatable bonds is 7. The van der Waals surface area contributed by atoms with Crippen molar-refractivity contribution in [2.45, 2.75) is 64.7 Å². The van der Waals surface area contributed by atoms with Crippen molar-refractivity contribution in [1.29, 1.82) is 0 Å². The van der Waals surface area contributed by atoms with Gasteiger partial charge >= 0.3 is 0 Å². The van der Waals surface area contributed by atoms with Crippen LogP contribution < -0.4 is 0 Å². The summed E-state index contributed by atoms with van der Waals surface area (Å²) in [6.45, 7) is 9.78. The number of hydrogen-bond donors (Lipinski definition) is 0. The van der Waals surface area contributed by atoms with Crippen molar-refractivity contribution in [3.05, 3.63) is 23.7 Å². The average molecular weight is 347 g/mol. The molecule has 1 aromatic heterocycles. The van der Waals surface area contributed by atoms with Crippen molar-refractivity contribution in [1.82, 2.24) is 9.80 Å². The highest BCUT2D eigenvalue weighted by atomic mass is 16.3. The number of carbonyl (C=O) groups is 1. The fourth-order valence-corrected chi connectivity index (χ4v) is 4.19. The quantitative estimate of drug-likeness (QED) is 0.742. The van der Waals surface area contributed by atoms with E-state index >= 15 is 0 Å². The second kappa shape index (κ2) is 8.88. The molecule has 2 aliphatic rings. The molecule has 4 nitrogen and oxygen atoms in total. The third-order valence-corrected chi connectivity index (χ3v) is 6.06. The summed E-state index contributed by atoms with van der Waals surface area (Å²) in [6.07, 6.45) is 7.90. The van der Waals surface area contributed by atoms with E-state index in [9.17, 15) is 4.79 Å². The number of furan rings is 1. The van der Waals surface area contributed by atoms with Gasteiger partial charge in [-0.3, -0.25) is 4.79 Å². The van der Waals surface area contributed by atoms with Gasteiger partial charge in [0.05, 0.1) is 0 Å². The SMILES string of the molecule is Cc1ccc([C@@H](C)CCN2CCC(CCC(=O)N3CCCC3)CC2)o1. The van der Waals surface area contributed by atoms with Gasteiger partial charge in [-0.15, -0.1) is 0 Å². The number of aryl methyl sites for hydroxylation is 1. The van der Waals surface area contributed by atoms with Gasteiger partial charge in [-0.2, -0.15) is 0 Å². The summed E-state index contributed by atoms with van der Waals surface area (Å²) in [7, 11) is 0. The molecule has 2 saturated heterocycles. The zero-order chi connectivity index (χ0) is 17.6. The van der Waals surface area contributed by atoms with E-state index in [2.05, 4.69) is 28.9 Å². The van der Waals surface area contributed by atoms with Gasteiger partial charge in [-0.05, 0) is 83.1 Å². The molecule has 1 atom stereocenters. The van der Waals surface area contributed by atoms with Gasteiger partial charge in [-0.1, -0.05) is 6.92 Å². The van der Waals surface area contributed by atoms with Crippen molar-refractivity contribution >= 4 is 5.91 Å². The van der Waals surface area contributed by atoms with Crippen LogP contribution >= 0.6 is 0 Å². The van der Waals surface area contributed by atoms with Crippen LogP contribution in [0.2, 0.25) is 0 Å². The Morgan fingerprint density at radius 2 is 1.92 bits per heavy atom. The third-order valence-electron chi connectivity index (χ3n) is 6.06. The molecule has 25 heavy (non-hydrogen) atoms. The topological polar surface area (TPSA) is 36.7 Å². The molecule has 0 bridgehead atoms. The number of piperidine rings is 1. The average Bonchev–Trinajstić information content (AvgIpc) is 3.30. The minimum atomic E-state index is 0.391. The smallest absolute Gasteiger partial charge is 0.222 e. The van der Waals surface area contributed by atoms with Crippen molar-refractivity contribution in [2.75, 3.05) is 32.7 Å². The molecular formula is C21H34N2O2. The van der Waals surface area contributed by atoms with E-state index < -0.39 is 0 Å². The maximum atomic E-state index is 12.2. The van der Waals surface area contributed by atoms with E-state index in [0.29, 0.717) is 11.8 Å². The van der Waals surface area contributed by atoms with Gasteiger partial charge in [0.25, 0.3) is 0 Å². The Hall–Kier alpha value is -1.29. The van der Waals surface area contributed by atoms with E-state index in [1.165, 1.54) is 38.8 Å². The summed E-state index contributed by atoms with van der Waals surface area (Å²) in [6, 6.07) is 4.17. The van der Waals surface area contributed by atoms with Crippen LogP contribution in [0.5, 0.6) is 0 Å². The normalized spacial score (nSPS) is 21.0. The first-order chi connectivity index (χ1) is 12.1. The first-order valence-electron chi connectivity index (χ1n) is 10.2. The molecule has 0 aliphatic carbocycles. The highest BCUT2D eigenvalue weighted by Crippen LogP contribution is 2.25. The minimum absolute atomic E-state index is 0.391. The van der Waals surface area contributed by atoms with E-state index in [-0.39, 0.29) is 0 Å². The Bertz CT molecular complexity index is 540. The summed E-state index contributed by atoms with van der Waals surface area (Å²) in [5.41, 5.74) is 0. The molecule has 1 amide bonds. The lowest BCUT2D eigenvalue weighted by Crippen LogP contribution is -2.35. The van der Waals surface area contributed by atoms with Crippen molar-refractivity contribution in [3.8, 4) is 0 Å². The molecule has 0 unspecified atom stereocenters. The fraction of sp³-hybridized carbons (Fsp3) is 0.762. The van der Waals surface area contributed by atoms with Gasteiger partial charge in [0, 0.05) is 25.4 Å². The van der Waals surface area contributed by atoms with Crippen molar-refractivity contribution in [2.24, 2.45) is 5.92 Å². The summed E-state index contributed by atoms with van der Waals surface area (Å²) in [5, 5.41) is 0. The summed E-state index contributed by atoms with van der Waals surface area (Å²) >= 11 is 0. The van der Waals surface area contributed by atoms with Gasteiger partial charge in [-0.25, -0.2) is 0 Å². The maximum absolute atomic E-state index is 12.2.